The third-order valence-corrected chi connectivity index (χ3v) is 6.18. The standard InChI is InChI=1S/C29H26N8O/c1-29(2,3)13-25(38)33-19-11-18(14-31-15-19)23-12-21-24(16-32-23)36-37-27(21)28-34-22-6-4-5-20(26(22)35-28)17-7-9-30-10-8-17/h4-12,14-16H,13H2,1-3H3,(H,33,38)(H,34,35)(H,36,37). The number of pyridine rings is 3. The zero-order valence-electron chi connectivity index (χ0n) is 21.3. The van der Waals surface area contributed by atoms with Crippen LogP contribution < -0.4 is 5.32 Å². The summed E-state index contributed by atoms with van der Waals surface area (Å²) in [4.78, 5) is 33.8. The molecule has 0 spiro atoms. The lowest BCUT2D eigenvalue weighted by Gasteiger charge is -2.17. The highest BCUT2D eigenvalue weighted by atomic mass is 16.1. The second-order valence-corrected chi connectivity index (χ2v) is 10.5. The average molecular weight is 503 g/mol. The number of imidazole rings is 1. The third kappa shape index (κ3) is 4.61. The Kier molecular flexibility index (Phi) is 5.68. The molecule has 0 aliphatic carbocycles. The quantitative estimate of drug-likeness (QED) is 0.265. The van der Waals surface area contributed by atoms with Crippen molar-refractivity contribution in [1.29, 1.82) is 0 Å². The molecule has 188 valence electrons. The van der Waals surface area contributed by atoms with Crippen molar-refractivity contribution in [3.63, 3.8) is 0 Å². The Morgan fingerprint density at radius 2 is 1.79 bits per heavy atom. The lowest BCUT2D eigenvalue weighted by atomic mass is 9.92. The van der Waals surface area contributed by atoms with Crippen molar-refractivity contribution in [2.75, 3.05) is 5.32 Å². The van der Waals surface area contributed by atoms with Crippen LogP contribution in [0, 0.1) is 5.41 Å². The number of amides is 1. The van der Waals surface area contributed by atoms with Crippen molar-refractivity contribution in [3.05, 3.63) is 73.4 Å². The molecular formula is C29H26N8O. The normalized spacial score (nSPS) is 11.8. The van der Waals surface area contributed by atoms with Gasteiger partial charge in [-0.1, -0.05) is 32.9 Å². The number of carbonyl (C=O) groups excluding carboxylic acids is 1. The van der Waals surface area contributed by atoms with Crippen molar-refractivity contribution in [1.82, 2.24) is 35.1 Å². The van der Waals surface area contributed by atoms with Crippen LogP contribution in [0.4, 0.5) is 5.69 Å². The largest absolute Gasteiger partial charge is 0.337 e. The zero-order chi connectivity index (χ0) is 26.3. The minimum absolute atomic E-state index is 0.0481. The summed E-state index contributed by atoms with van der Waals surface area (Å²) in [7, 11) is 0. The average Bonchev–Trinajstić information content (AvgIpc) is 3.51. The molecule has 0 aliphatic rings. The molecule has 0 saturated heterocycles. The number of anilines is 1. The first-order chi connectivity index (χ1) is 18.3. The van der Waals surface area contributed by atoms with E-state index in [0.29, 0.717) is 29.3 Å². The topological polar surface area (TPSA) is 125 Å². The number of benzene rings is 1. The van der Waals surface area contributed by atoms with E-state index in [4.69, 9.17) is 4.98 Å². The second-order valence-electron chi connectivity index (χ2n) is 10.5. The van der Waals surface area contributed by atoms with Gasteiger partial charge in [0.15, 0.2) is 5.82 Å². The number of fused-ring (bicyclic) bond motifs is 2. The number of rotatable bonds is 5. The lowest BCUT2D eigenvalue weighted by molar-refractivity contribution is -0.117. The summed E-state index contributed by atoms with van der Waals surface area (Å²) < 4.78 is 0. The summed E-state index contributed by atoms with van der Waals surface area (Å²) in [6.45, 7) is 6.10. The highest BCUT2D eigenvalue weighted by molar-refractivity contribution is 5.98. The molecule has 0 aliphatic heterocycles. The number of hydrogen-bond donors (Lipinski definition) is 3. The van der Waals surface area contributed by atoms with Crippen molar-refractivity contribution in [3.8, 4) is 33.9 Å². The van der Waals surface area contributed by atoms with Gasteiger partial charge < -0.3 is 10.3 Å². The van der Waals surface area contributed by atoms with Crippen LogP contribution in [0.15, 0.2) is 73.4 Å². The predicted molar refractivity (Wildman–Crippen MR) is 148 cm³/mol. The van der Waals surface area contributed by atoms with E-state index < -0.39 is 0 Å². The maximum atomic E-state index is 12.4. The molecule has 0 unspecified atom stereocenters. The molecule has 0 radical (unpaired) electrons. The van der Waals surface area contributed by atoms with Gasteiger partial charge in [-0.3, -0.25) is 24.8 Å². The number of H-pyrrole nitrogens is 2. The van der Waals surface area contributed by atoms with E-state index in [1.54, 1.807) is 31.0 Å². The molecule has 1 amide bonds. The fraction of sp³-hybridized carbons (Fsp3) is 0.172. The molecule has 1 aromatic carbocycles. The van der Waals surface area contributed by atoms with Crippen LogP contribution >= 0.6 is 0 Å². The Balaban J connectivity index is 1.36. The molecule has 9 heteroatoms. The van der Waals surface area contributed by atoms with Gasteiger partial charge in [0.05, 0.1) is 40.3 Å². The van der Waals surface area contributed by atoms with E-state index in [9.17, 15) is 4.79 Å². The van der Waals surface area contributed by atoms with Crippen LogP contribution in [0.5, 0.6) is 0 Å². The SMILES string of the molecule is CC(C)(C)CC(=O)Nc1cncc(-c2cc3c(-c4nc5c(-c6ccncc6)cccc5[nH]4)n[nH]c3cn2)c1. The van der Waals surface area contributed by atoms with E-state index in [2.05, 4.69) is 35.5 Å². The fourth-order valence-electron chi connectivity index (χ4n) is 4.50. The Hall–Kier alpha value is -4.92. The van der Waals surface area contributed by atoms with Crippen molar-refractivity contribution in [2.24, 2.45) is 5.41 Å². The van der Waals surface area contributed by atoms with Gasteiger partial charge in [0, 0.05) is 41.5 Å². The number of nitrogens with one attached hydrogen (secondary N) is 3. The number of carbonyl (C=O) groups is 1. The van der Waals surface area contributed by atoms with Crippen LogP contribution in [0.25, 0.3) is 55.8 Å². The molecule has 0 saturated carbocycles. The smallest absolute Gasteiger partial charge is 0.224 e. The Morgan fingerprint density at radius 3 is 2.61 bits per heavy atom. The summed E-state index contributed by atoms with van der Waals surface area (Å²) >= 11 is 0. The van der Waals surface area contributed by atoms with Gasteiger partial charge in [0.2, 0.25) is 5.91 Å². The Bertz CT molecular complexity index is 1780. The molecule has 5 heterocycles. The maximum Gasteiger partial charge on any atom is 0.224 e. The third-order valence-electron chi connectivity index (χ3n) is 6.18. The van der Waals surface area contributed by atoms with E-state index in [1.807, 2.05) is 63.2 Å². The van der Waals surface area contributed by atoms with Gasteiger partial charge in [-0.05, 0) is 41.3 Å². The van der Waals surface area contributed by atoms with Gasteiger partial charge in [0.1, 0.15) is 5.69 Å². The molecule has 5 aromatic heterocycles. The molecule has 9 nitrogen and oxygen atoms in total. The molecule has 6 rings (SSSR count). The maximum absolute atomic E-state index is 12.4. The highest BCUT2D eigenvalue weighted by Gasteiger charge is 2.18. The summed E-state index contributed by atoms with van der Waals surface area (Å²) in [5.41, 5.74) is 7.37. The van der Waals surface area contributed by atoms with Crippen LogP contribution in [-0.2, 0) is 4.79 Å². The monoisotopic (exact) mass is 502 g/mol. The Morgan fingerprint density at radius 1 is 0.947 bits per heavy atom. The molecule has 3 N–H and O–H groups in total. The first-order valence-electron chi connectivity index (χ1n) is 12.3. The summed E-state index contributed by atoms with van der Waals surface area (Å²) in [5, 5.41) is 11.4. The second kappa shape index (κ2) is 9.19. The first kappa shape index (κ1) is 23.5. The van der Waals surface area contributed by atoms with E-state index in [1.165, 1.54) is 0 Å². The molecule has 38 heavy (non-hydrogen) atoms. The Labute approximate surface area is 218 Å². The minimum Gasteiger partial charge on any atom is -0.337 e. The molecule has 0 fully saturated rings. The van der Waals surface area contributed by atoms with Crippen LogP contribution in [-0.4, -0.2) is 41.0 Å². The summed E-state index contributed by atoms with van der Waals surface area (Å²) in [6.07, 6.45) is 9.09. The highest BCUT2D eigenvalue weighted by Crippen LogP contribution is 2.32. The number of para-hydroxylation sites is 1. The van der Waals surface area contributed by atoms with E-state index in [0.717, 1.165) is 38.6 Å². The van der Waals surface area contributed by atoms with Crippen molar-refractivity contribution < 1.29 is 4.79 Å². The predicted octanol–water partition coefficient (Wildman–Crippen LogP) is 6.00. The molecular weight excluding hydrogens is 476 g/mol. The van der Waals surface area contributed by atoms with Gasteiger partial charge in [-0.25, -0.2) is 4.98 Å². The van der Waals surface area contributed by atoms with Crippen LogP contribution in [0.1, 0.15) is 27.2 Å². The zero-order valence-corrected chi connectivity index (χ0v) is 21.3. The molecule has 0 atom stereocenters. The van der Waals surface area contributed by atoms with Crippen LogP contribution in [0.3, 0.4) is 0 Å². The van der Waals surface area contributed by atoms with E-state index >= 15 is 0 Å². The lowest BCUT2D eigenvalue weighted by Crippen LogP contribution is -2.19. The summed E-state index contributed by atoms with van der Waals surface area (Å²) in [5.74, 6) is 0.610. The number of nitrogens with zero attached hydrogens (tertiary/aromatic N) is 5. The minimum atomic E-state index is -0.102. The van der Waals surface area contributed by atoms with Crippen molar-refractivity contribution in [2.45, 2.75) is 27.2 Å². The van der Waals surface area contributed by atoms with Crippen LogP contribution in [0.2, 0.25) is 0 Å². The number of aromatic nitrogens is 7. The molecule has 0 bridgehead atoms. The van der Waals surface area contributed by atoms with E-state index in [-0.39, 0.29) is 11.3 Å². The molecule has 6 aromatic rings. The van der Waals surface area contributed by atoms with Crippen molar-refractivity contribution >= 4 is 33.5 Å². The van der Waals surface area contributed by atoms with Gasteiger partial charge in [0.25, 0.3) is 0 Å². The first-order valence-corrected chi connectivity index (χ1v) is 12.3. The number of aromatic amines is 2. The van der Waals surface area contributed by atoms with Gasteiger partial charge in [-0.15, -0.1) is 0 Å². The number of hydrogen-bond acceptors (Lipinski definition) is 6. The summed E-state index contributed by atoms with van der Waals surface area (Å²) in [6, 6.07) is 13.8. The van der Waals surface area contributed by atoms with Gasteiger partial charge >= 0.3 is 0 Å². The fourth-order valence-corrected chi connectivity index (χ4v) is 4.50. The van der Waals surface area contributed by atoms with Gasteiger partial charge in [-0.2, -0.15) is 5.10 Å².